The van der Waals surface area contributed by atoms with E-state index in [9.17, 15) is 19.2 Å². The summed E-state index contributed by atoms with van der Waals surface area (Å²) < 4.78 is 11.3. The highest BCUT2D eigenvalue weighted by Gasteiger charge is 2.54. The van der Waals surface area contributed by atoms with E-state index in [-0.39, 0.29) is 22.9 Å². The maximum atomic E-state index is 13.9. The van der Waals surface area contributed by atoms with E-state index in [1.165, 1.54) is 34.9 Å². The Balaban J connectivity index is 1.35. The monoisotopic (exact) mass is 669 g/mol. The number of allylic oxidation sites excluding steroid dienone is 1. The fourth-order valence-corrected chi connectivity index (χ4v) is 6.39. The lowest BCUT2D eigenvalue weighted by Crippen LogP contribution is -2.71. The number of nitrogens with two attached hydrogens (primary N) is 1. The highest BCUT2D eigenvalue weighted by Crippen LogP contribution is 2.42. The zero-order valence-corrected chi connectivity index (χ0v) is 27.4. The Morgan fingerprint density at radius 1 is 1.06 bits per heavy atom. The van der Waals surface area contributed by atoms with Gasteiger partial charge < -0.3 is 25.4 Å². The summed E-state index contributed by atoms with van der Waals surface area (Å²) in [5, 5.41) is 5.92. The standard InChI is InChI=1S/C35H35N5O7S/c1-5-21-20-48-33-28(38-31(42)27(24-17-12-18-25(36)37-24)39-45-19-26(41)47-35(2,3)4)32(43)40(33)29(21)34(44)46-30(22-13-8-6-9-14-22)23-15-10-7-11-16-23/h5-18,28,30,33H,1,19-20H2,2-4H3,(H2,36,37)(H,38,42)/b39-27+/t28?,33-/m1/s1. The number of aromatic nitrogens is 1. The average Bonchev–Trinajstić information content (AvgIpc) is 3.07. The molecule has 0 bridgehead atoms. The van der Waals surface area contributed by atoms with Gasteiger partial charge in [0.2, 0.25) is 6.61 Å². The number of hydrogen-bond acceptors (Lipinski definition) is 11. The minimum atomic E-state index is -1.02. The van der Waals surface area contributed by atoms with E-state index in [0.29, 0.717) is 11.3 Å². The second-order valence-corrected chi connectivity index (χ2v) is 12.9. The summed E-state index contributed by atoms with van der Waals surface area (Å²) in [6.45, 7) is 8.39. The summed E-state index contributed by atoms with van der Waals surface area (Å²) in [6, 6.07) is 22.2. The topological polar surface area (TPSA) is 163 Å². The zero-order chi connectivity index (χ0) is 34.4. The average molecular weight is 670 g/mol. The fourth-order valence-electron chi connectivity index (χ4n) is 5.05. The van der Waals surface area contributed by atoms with Crippen LogP contribution >= 0.6 is 11.8 Å². The number of thioether (sulfide) groups is 1. The highest BCUT2D eigenvalue weighted by molar-refractivity contribution is 8.00. The SMILES string of the molecule is C=CC1=C(C(=O)OC(c2ccccc2)c2ccccc2)N2C(=O)C(NC(=O)/C(=N/OCC(=O)OC(C)(C)C)c3cccc(N)n3)[C@H]2SC1. The first-order valence-electron chi connectivity index (χ1n) is 15.0. The van der Waals surface area contributed by atoms with E-state index in [2.05, 4.69) is 22.0 Å². The van der Waals surface area contributed by atoms with Gasteiger partial charge in [0, 0.05) is 5.75 Å². The molecule has 0 aliphatic carbocycles. The lowest BCUT2D eigenvalue weighted by atomic mass is 10.0. The zero-order valence-electron chi connectivity index (χ0n) is 26.6. The molecule has 1 aromatic heterocycles. The number of carbonyl (C=O) groups is 4. The maximum absolute atomic E-state index is 13.9. The molecule has 2 aliphatic rings. The van der Waals surface area contributed by atoms with Crippen LogP contribution < -0.4 is 11.1 Å². The lowest BCUT2D eigenvalue weighted by molar-refractivity contribution is -0.160. The molecule has 0 spiro atoms. The van der Waals surface area contributed by atoms with Crippen molar-refractivity contribution in [1.29, 1.82) is 0 Å². The van der Waals surface area contributed by atoms with Gasteiger partial charge in [-0.25, -0.2) is 14.6 Å². The van der Waals surface area contributed by atoms with Crippen LogP contribution in [0.5, 0.6) is 0 Å². The van der Waals surface area contributed by atoms with Crippen LogP contribution in [0.2, 0.25) is 0 Å². The lowest BCUT2D eigenvalue weighted by Gasteiger charge is -2.49. The van der Waals surface area contributed by atoms with E-state index < -0.39 is 53.5 Å². The fraction of sp³-hybridized carbons (Fsp3) is 0.257. The van der Waals surface area contributed by atoms with Gasteiger partial charge >= 0.3 is 11.9 Å². The Kier molecular flexibility index (Phi) is 10.3. The molecule has 3 N–H and O–H groups in total. The first kappa shape index (κ1) is 33.9. The summed E-state index contributed by atoms with van der Waals surface area (Å²) in [5.41, 5.74) is 6.95. The molecule has 1 saturated heterocycles. The van der Waals surface area contributed by atoms with Crippen LogP contribution in [0, 0.1) is 0 Å². The molecular formula is C35H35N5O7S. The van der Waals surface area contributed by atoms with Gasteiger partial charge in [-0.3, -0.25) is 14.5 Å². The number of carbonyl (C=O) groups excluding carboxylic acids is 4. The van der Waals surface area contributed by atoms with Crippen molar-refractivity contribution in [1.82, 2.24) is 15.2 Å². The number of pyridine rings is 1. The molecule has 13 heteroatoms. The van der Waals surface area contributed by atoms with Gasteiger partial charge in [0.15, 0.2) is 11.8 Å². The molecule has 12 nitrogen and oxygen atoms in total. The van der Waals surface area contributed by atoms with Crippen LogP contribution in [0.3, 0.4) is 0 Å². The molecule has 2 amide bonds. The van der Waals surface area contributed by atoms with Gasteiger partial charge in [-0.2, -0.15) is 0 Å². The number of rotatable bonds is 11. The Bertz CT molecular complexity index is 1730. The highest BCUT2D eigenvalue weighted by atomic mass is 32.2. The summed E-state index contributed by atoms with van der Waals surface area (Å²) in [6.07, 6.45) is 0.792. The van der Waals surface area contributed by atoms with Gasteiger partial charge in [0.1, 0.15) is 34.2 Å². The minimum Gasteiger partial charge on any atom is -0.457 e. The molecule has 2 aliphatic heterocycles. The molecule has 0 saturated carbocycles. The van der Waals surface area contributed by atoms with Crippen molar-refractivity contribution < 1.29 is 33.5 Å². The number of nitrogen functional groups attached to an aromatic ring is 1. The molecule has 5 rings (SSSR count). The number of benzene rings is 2. The predicted molar refractivity (Wildman–Crippen MR) is 180 cm³/mol. The maximum Gasteiger partial charge on any atom is 0.356 e. The molecule has 48 heavy (non-hydrogen) atoms. The number of nitrogens with zero attached hydrogens (tertiary/aromatic N) is 3. The molecular weight excluding hydrogens is 634 g/mol. The second-order valence-electron chi connectivity index (χ2n) is 11.8. The number of hydrogen-bond donors (Lipinski definition) is 2. The number of ether oxygens (including phenoxy) is 2. The molecule has 248 valence electrons. The molecule has 3 aromatic rings. The second kappa shape index (κ2) is 14.6. The van der Waals surface area contributed by atoms with Crippen molar-refractivity contribution in [3.8, 4) is 0 Å². The molecule has 2 aromatic carbocycles. The van der Waals surface area contributed by atoms with Crippen LogP contribution in [0.25, 0.3) is 0 Å². The Morgan fingerprint density at radius 2 is 1.71 bits per heavy atom. The number of nitrogens with one attached hydrogen (secondary N) is 1. The number of oxime groups is 1. The van der Waals surface area contributed by atoms with Gasteiger partial charge in [-0.05, 0) is 49.6 Å². The first-order valence-corrected chi connectivity index (χ1v) is 16.1. The summed E-state index contributed by atoms with van der Waals surface area (Å²) in [4.78, 5) is 63.8. The van der Waals surface area contributed by atoms with E-state index in [4.69, 9.17) is 20.0 Å². The van der Waals surface area contributed by atoms with Gasteiger partial charge in [-0.15, -0.1) is 11.8 Å². The van der Waals surface area contributed by atoms with Crippen LogP contribution in [0.1, 0.15) is 43.7 Å². The van der Waals surface area contributed by atoms with Crippen LogP contribution in [-0.4, -0.2) is 68.7 Å². The van der Waals surface area contributed by atoms with Gasteiger partial charge in [0.05, 0.1) is 0 Å². The van der Waals surface area contributed by atoms with Crippen molar-refractivity contribution in [2.75, 3.05) is 18.1 Å². The molecule has 1 unspecified atom stereocenters. The third-order valence-corrected chi connectivity index (χ3v) is 8.44. The Morgan fingerprint density at radius 3 is 2.29 bits per heavy atom. The number of β-lactam (4-membered cyclic amide) rings is 1. The van der Waals surface area contributed by atoms with E-state index in [0.717, 1.165) is 11.1 Å². The molecule has 0 radical (unpaired) electrons. The van der Waals surface area contributed by atoms with Crippen LogP contribution in [0.4, 0.5) is 5.82 Å². The largest absolute Gasteiger partial charge is 0.457 e. The van der Waals surface area contributed by atoms with Gasteiger partial charge in [-0.1, -0.05) is 84.5 Å². The third-order valence-electron chi connectivity index (χ3n) is 7.14. The number of anilines is 1. The van der Waals surface area contributed by atoms with E-state index >= 15 is 0 Å². The van der Waals surface area contributed by atoms with Crippen LogP contribution in [0.15, 0.2) is 108 Å². The number of amides is 2. The van der Waals surface area contributed by atoms with E-state index in [1.807, 2.05) is 60.7 Å². The molecule has 3 heterocycles. The molecule has 2 atom stereocenters. The first-order chi connectivity index (χ1) is 23.0. The third kappa shape index (κ3) is 7.74. The van der Waals surface area contributed by atoms with Crippen molar-refractivity contribution >= 4 is 47.0 Å². The van der Waals surface area contributed by atoms with Crippen LogP contribution in [-0.2, 0) is 33.5 Å². The summed E-state index contributed by atoms with van der Waals surface area (Å²) in [5.74, 6) is -2.27. The quantitative estimate of drug-likeness (QED) is 0.133. The van der Waals surface area contributed by atoms with Gasteiger partial charge in [0.25, 0.3) is 11.8 Å². The van der Waals surface area contributed by atoms with Crippen molar-refractivity contribution in [3.05, 3.63) is 120 Å². The van der Waals surface area contributed by atoms with Crippen molar-refractivity contribution in [3.63, 3.8) is 0 Å². The number of esters is 2. The minimum absolute atomic E-state index is 0.0580. The van der Waals surface area contributed by atoms with E-state index in [1.54, 1.807) is 26.8 Å². The Labute approximate surface area is 282 Å². The molecule has 1 fully saturated rings. The summed E-state index contributed by atoms with van der Waals surface area (Å²) >= 11 is 1.35. The Hall–Kier alpha value is -5.43. The summed E-state index contributed by atoms with van der Waals surface area (Å²) in [7, 11) is 0. The predicted octanol–water partition coefficient (Wildman–Crippen LogP) is 3.90. The van der Waals surface area contributed by atoms with Crippen molar-refractivity contribution in [2.24, 2.45) is 5.16 Å². The smallest absolute Gasteiger partial charge is 0.356 e. The van der Waals surface area contributed by atoms with Crippen molar-refractivity contribution in [2.45, 2.75) is 43.9 Å². The normalized spacial score (nSPS) is 17.6. The number of fused-ring (bicyclic) bond motifs is 1.